The van der Waals surface area contributed by atoms with E-state index >= 15 is 0 Å². The van der Waals surface area contributed by atoms with Crippen LogP contribution in [0, 0.1) is 0 Å². The number of nitrogens with zero attached hydrogens (tertiary/aromatic N) is 2. The summed E-state index contributed by atoms with van der Waals surface area (Å²) < 4.78 is 7.32. The summed E-state index contributed by atoms with van der Waals surface area (Å²) in [5, 5.41) is 4.16. The SMILES string of the molecule is COCCn1cc(NC(=O)N2CCc3ccccc3C2)c2ccccc21. The molecule has 0 saturated heterocycles. The summed E-state index contributed by atoms with van der Waals surface area (Å²) in [5.74, 6) is 0. The van der Waals surface area contributed by atoms with E-state index in [2.05, 4.69) is 34.1 Å². The minimum absolute atomic E-state index is 0.0471. The molecule has 0 aliphatic carbocycles. The van der Waals surface area contributed by atoms with Crippen LogP contribution >= 0.6 is 0 Å². The summed E-state index contributed by atoms with van der Waals surface area (Å²) in [4.78, 5) is 14.7. The number of methoxy groups -OCH3 is 1. The third kappa shape index (κ3) is 3.18. The second-order valence-electron chi connectivity index (χ2n) is 6.62. The van der Waals surface area contributed by atoms with E-state index in [0.29, 0.717) is 13.2 Å². The van der Waals surface area contributed by atoms with Crippen LogP contribution in [0.2, 0.25) is 0 Å². The van der Waals surface area contributed by atoms with Gasteiger partial charge in [0.15, 0.2) is 0 Å². The molecule has 0 spiro atoms. The van der Waals surface area contributed by atoms with Crippen LogP contribution in [0.15, 0.2) is 54.7 Å². The van der Waals surface area contributed by atoms with E-state index in [1.165, 1.54) is 11.1 Å². The topological polar surface area (TPSA) is 46.5 Å². The van der Waals surface area contributed by atoms with E-state index in [1.807, 2.05) is 35.4 Å². The predicted octanol–water partition coefficient (Wildman–Crippen LogP) is 3.88. The number of fused-ring (bicyclic) bond motifs is 2. The summed E-state index contributed by atoms with van der Waals surface area (Å²) in [6, 6.07) is 16.4. The van der Waals surface area contributed by atoms with Crippen LogP contribution in [0.5, 0.6) is 0 Å². The Kier molecular flexibility index (Phi) is 4.63. The number of aromatic nitrogens is 1. The second kappa shape index (κ2) is 7.22. The van der Waals surface area contributed by atoms with E-state index in [9.17, 15) is 4.79 Å². The molecule has 26 heavy (non-hydrogen) atoms. The van der Waals surface area contributed by atoms with Crippen molar-refractivity contribution in [1.29, 1.82) is 0 Å². The van der Waals surface area contributed by atoms with Gasteiger partial charge in [0, 0.05) is 38.3 Å². The Morgan fingerprint density at radius 3 is 2.73 bits per heavy atom. The molecule has 134 valence electrons. The molecule has 0 radical (unpaired) electrons. The molecule has 2 aromatic carbocycles. The molecule has 3 aromatic rings. The van der Waals surface area contributed by atoms with Crippen molar-refractivity contribution in [1.82, 2.24) is 9.47 Å². The number of ether oxygens (including phenoxy) is 1. The lowest BCUT2D eigenvalue weighted by atomic mass is 10.0. The number of carbonyl (C=O) groups is 1. The number of hydrogen-bond donors (Lipinski definition) is 1. The van der Waals surface area contributed by atoms with Gasteiger partial charge < -0.3 is 19.5 Å². The lowest BCUT2D eigenvalue weighted by Gasteiger charge is -2.28. The highest BCUT2D eigenvalue weighted by Gasteiger charge is 2.21. The molecule has 1 aromatic heterocycles. The van der Waals surface area contributed by atoms with Crippen LogP contribution in [0.4, 0.5) is 10.5 Å². The van der Waals surface area contributed by atoms with Crippen molar-refractivity contribution in [3.63, 3.8) is 0 Å². The standard InChI is InChI=1S/C21H23N3O2/c1-26-13-12-23-15-19(18-8-4-5-9-20(18)23)22-21(25)24-11-10-16-6-2-3-7-17(16)14-24/h2-9,15H,10-14H2,1H3,(H,22,25). The number of rotatable bonds is 4. The van der Waals surface area contributed by atoms with Crippen molar-refractivity contribution in [3.05, 3.63) is 65.9 Å². The lowest BCUT2D eigenvalue weighted by molar-refractivity contribution is 0.188. The monoisotopic (exact) mass is 349 g/mol. The molecule has 0 fully saturated rings. The van der Waals surface area contributed by atoms with Gasteiger partial charge in [-0.05, 0) is 23.6 Å². The number of anilines is 1. The van der Waals surface area contributed by atoms with Gasteiger partial charge in [-0.2, -0.15) is 0 Å². The van der Waals surface area contributed by atoms with Crippen molar-refractivity contribution >= 4 is 22.6 Å². The molecule has 5 heteroatoms. The van der Waals surface area contributed by atoms with Crippen molar-refractivity contribution < 1.29 is 9.53 Å². The first kappa shape index (κ1) is 16.7. The molecule has 0 atom stereocenters. The minimum atomic E-state index is -0.0471. The van der Waals surface area contributed by atoms with Crippen molar-refractivity contribution in [2.75, 3.05) is 25.6 Å². The van der Waals surface area contributed by atoms with Gasteiger partial charge in [-0.15, -0.1) is 0 Å². The fourth-order valence-corrected chi connectivity index (χ4v) is 3.58. The maximum atomic E-state index is 12.8. The van der Waals surface area contributed by atoms with E-state index in [1.54, 1.807) is 7.11 Å². The van der Waals surface area contributed by atoms with Crippen molar-refractivity contribution in [2.45, 2.75) is 19.5 Å². The summed E-state index contributed by atoms with van der Waals surface area (Å²) in [5.41, 5.74) is 4.52. The van der Waals surface area contributed by atoms with Crippen LogP contribution in [0.3, 0.4) is 0 Å². The van der Waals surface area contributed by atoms with Gasteiger partial charge in [0.2, 0.25) is 0 Å². The van der Waals surface area contributed by atoms with Gasteiger partial charge in [-0.3, -0.25) is 0 Å². The maximum Gasteiger partial charge on any atom is 0.322 e. The number of benzene rings is 2. The van der Waals surface area contributed by atoms with Crippen LogP contribution in [-0.2, 0) is 24.2 Å². The minimum Gasteiger partial charge on any atom is -0.383 e. The quantitative estimate of drug-likeness (QED) is 0.777. The number of amides is 2. The van der Waals surface area contributed by atoms with Crippen LogP contribution in [-0.4, -0.2) is 35.8 Å². The predicted molar refractivity (Wildman–Crippen MR) is 103 cm³/mol. The molecule has 0 saturated carbocycles. The van der Waals surface area contributed by atoms with E-state index in [0.717, 1.165) is 36.1 Å². The fraction of sp³-hybridized carbons (Fsp3) is 0.286. The number of urea groups is 1. The van der Waals surface area contributed by atoms with Crippen LogP contribution in [0.1, 0.15) is 11.1 Å². The highest BCUT2D eigenvalue weighted by atomic mass is 16.5. The molecule has 1 N–H and O–H groups in total. The molecule has 4 rings (SSSR count). The average molecular weight is 349 g/mol. The average Bonchev–Trinajstić information content (AvgIpc) is 3.03. The Bertz CT molecular complexity index is 932. The molecule has 5 nitrogen and oxygen atoms in total. The zero-order chi connectivity index (χ0) is 17.9. The maximum absolute atomic E-state index is 12.8. The number of nitrogens with one attached hydrogen (secondary N) is 1. The summed E-state index contributed by atoms with van der Waals surface area (Å²) in [6.45, 7) is 2.79. The molecular weight excluding hydrogens is 326 g/mol. The second-order valence-corrected chi connectivity index (χ2v) is 6.62. The Hall–Kier alpha value is -2.79. The number of carbonyl (C=O) groups excluding carboxylic acids is 1. The molecule has 1 aliphatic rings. The normalized spacial score (nSPS) is 13.7. The smallest absolute Gasteiger partial charge is 0.322 e. The van der Waals surface area contributed by atoms with Gasteiger partial charge in [0.25, 0.3) is 0 Å². The van der Waals surface area contributed by atoms with Gasteiger partial charge >= 0.3 is 6.03 Å². The van der Waals surface area contributed by atoms with Gasteiger partial charge in [-0.25, -0.2) is 4.79 Å². The molecule has 2 amide bonds. The highest BCUT2D eigenvalue weighted by Crippen LogP contribution is 2.27. The lowest BCUT2D eigenvalue weighted by Crippen LogP contribution is -2.38. The van der Waals surface area contributed by atoms with Crippen LogP contribution in [0.25, 0.3) is 10.9 Å². The fourth-order valence-electron chi connectivity index (χ4n) is 3.58. The third-order valence-corrected chi connectivity index (χ3v) is 4.98. The molecular formula is C21H23N3O2. The van der Waals surface area contributed by atoms with Crippen molar-refractivity contribution in [2.24, 2.45) is 0 Å². The van der Waals surface area contributed by atoms with Crippen LogP contribution < -0.4 is 5.32 Å². The first-order valence-electron chi connectivity index (χ1n) is 8.96. The summed E-state index contributed by atoms with van der Waals surface area (Å²) in [6.07, 6.45) is 2.90. The molecule has 1 aliphatic heterocycles. The molecule has 2 heterocycles. The Balaban J connectivity index is 1.55. The Morgan fingerprint density at radius 1 is 1.12 bits per heavy atom. The summed E-state index contributed by atoms with van der Waals surface area (Å²) >= 11 is 0. The highest BCUT2D eigenvalue weighted by molar-refractivity contribution is 6.01. The molecule has 0 bridgehead atoms. The third-order valence-electron chi connectivity index (χ3n) is 4.98. The number of hydrogen-bond acceptors (Lipinski definition) is 2. The first-order chi connectivity index (χ1) is 12.8. The van der Waals surface area contributed by atoms with Crippen molar-refractivity contribution in [3.8, 4) is 0 Å². The Labute approximate surface area is 153 Å². The largest absolute Gasteiger partial charge is 0.383 e. The zero-order valence-electron chi connectivity index (χ0n) is 14.9. The van der Waals surface area contributed by atoms with Gasteiger partial charge in [-0.1, -0.05) is 42.5 Å². The van der Waals surface area contributed by atoms with E-state index in [4.69, 9.17) is 4.74 Å². The van der Waals surface area contributed by atoms with Gasteiger partial charge in [0.05, 0.1) is 17.8 Å². The first-order valence-corrected chi connectivity index (χ1v) is 8.96. The zero-order valence-corrected chi connectivity index (χ0v) is 14.9. The molecule has 0 unspecified atom stereocenters. The number of para-hydroxylation sites is 1. The Morgan fingerprint density at radius 2 is 1.88 bits per heavy atom. The van der Waals surface area contributed by atoms with E-state index in [-0.39, 0.29) is 6.03 Å². The van der Waals surface area contributed by atoms with Gasteiger partial charge in [0.1, 0.15) is 0 Å². The van der Waals surface area contributed by atoms with E-state index < -0.39 is 0 Å². The summed E-state index contributed by atoms with van der Waals surface area (Å²) in [7, 11) is 1.70.